The molecule has 0 aromatic heterocycles. The smallest absolute Gasteiger partial charge is 0.335 e. The van der Waals surface area contributed by atoms with Gasteiger partial charge >= 0.3 is 5.97 Å². The number of benzene rings is 1. The Labute approximate surface area is 110 Å². The monoisotopic (exact) mass is 265 g/mol. The van der Waals surface area contributed by atoms with Crippen LogP contribution in [0, 0.1) is 13.8 Å². The minimum absolute atomic E-state index is 0.345. The van der Waals surface area contributed by atoms with E-state index in [1.165, 1.54) is 7.11 Å². The van der Waals surface area contributed by atoms with E-state index in [2.05, 4.69) is 5.16 Å². The molecule has 0 atom stereocenters. The lowest BCUT2D eigenvalue weighted by Crippen LogP contribution is -2.16. The number of carboxylic acids is 1. The van der Waals surface area contributed by atoms with Gasteiger partial charge in [-0.25, -0.2) is 4.79 Å². The topological polar surface area (TPSA) is 58.9 Å². The molecule has 1 aromatic carbocycles. The normalized spacial score (nSPS) is 16.5. The Hall–Kier alpha value is -1.49. The molecule has 0 aliphatic carbocycles. The van der Waals surface area contributed by atoms with Gasteiger partial charge in [0.2, 0.25) is 0 Å². The zero-order valence-corrected chi connectivity index (χ0v) is 11.4. The number of carboxylic acid groups (broad SMARTS) is 1. The Kier molecular flexibility index (Phi) is 3.61. The molecule has 1 N–H and O–H groups in total. The van der Waals surface area contributed by atoms with Crippen molar-refractivity contribution < 1.29 is 14.7 Å². The summed E-state index contributed by atoms with van der Waals surface area (Å²) in [6, 6.07) is 1.74. The third kappa shape index (κ3) is 2.10. The van der Waals surface area contributed by atoms with Crippen LogP contribution >= 0.6 is 11.8 Å². The van der Waals surface area contributed by atoms with E-state index < -0.39 is 5.97 Å². The summed E-state index contributed by atoms with van der Waals surface area (Å²) < 4.78 is 0. The Morgan fingerprint density at radius 3 is 2.83 bits per heavy atom. The van der Waals surface area contributed by atoms with Gasteiger partial charge in [-0.15, -0.1) is 11.8 Å². The average molecular weight is 265 g/mol. The van der Waals surface area contributed by atoms with E-state index >= 15 is 0 Å². The molecule has 1 aliphatic heterocycles. The van der Waals surface area contributed by atoms with Crippen molar-refractivity contribution in [3.8, 4) is 0 Å². The van der Waals surface area contributed by atoms with Gasteiger partial charge in [-0.2, -0.15) is 0 Å². The van der Waals surface area contributed by atoms with Crippen molar-refractivity contribution in [3.63, 3.8) is 0 Å². The summed E-state index contributed by atoms with van der Waals surface area (Å²) in [5, 5.41) is 13.3. The maximum absolute atomic E-state index is 11.2. The fraction of sp³-hybridized carbons (Fsp3) is 0.385. The van der Waals surface area contributed by atoms with E-state index in [9.17, 15) is 9.90 Å². The van der Waals surface area contributed by atoms with E-state index in [-0.39, 0.29) is 0 Å². The number of nitrogens with zero attached hydrogens (tertiary/aromatic N) is 1. The van der Waals surface area contributed by atoms with E-state index in [4.69, 9.17) is 4.84 Å². The van der Waals surface area contributed by atoms with E-state index in [0.717, 1.165) is 39.5 Å². The van der Waals surface area contributed by atoms with Gasteiger partial charge in [0, 0.05) is 22.6 Å². The van der Waals surface area contributed by atoms with Gasteiger partial charge in [-0.05, 0) is 31.0 Å². The molecule has 0 spiro atoms. The number of oxime groups is 1. The van der Waals surface area contributed by atoms with Gasteiger partial charge in [-0.1, -0.05) is 5.16 Å². The van der Waals surface area contributed by atoms with Crippen LogP contribution in [-0.2, 0) is 4.84 Å². The van der Waals surface area contributed by atoms with Gasteiger partial charge < -0.3 is 9.94 Å². The summed E-state index contributed by atoms with van der Waals surface area (Å²) in [4.78, 5) is 17.2. The second-order valence-electron chi connectivity index (χ2n) is 4.19. The molecule has 0 fully saturated rings. The lowest BCUT2D eigenvalue weighted by atomic mass is 9.94. The molecule has 1 aromatic rings. The minimum atomic E-state index is -0.897. The molecule has 2 rings (SSSR count). The lowest BCUT2D eigenvalue weighted by Gasteiger charge is -2.22. The number of aryl methyl sites for hydroxylation is 1. The highest BCUT2D eigenvalue weighted by Gasteiger charge is 2.24. The summed E-state index contributed by atoms with van der Waals surface area (Å²) in [6.45, 7) is 3.77. The molecule has 0 unspecified atom stereocenters. The first-order chi connectivity index (χ1) is 8.56. The second-order valence-corrected chi connectivity index (χ2v) is 5.30. The van der Waals surface area contributed by atoms with Gasteiger partial charge in [0.05, 0.1) is 11.3 Å². The predicted molar refractivity (Wildman–Crippen MR) is 71.8 cm³/mol. The van der Waals surface area contributed by atoms with Crippen LogP contribution < -0.4 is 0 Å². The Morgan fingerprint density at radius 2 is 2.22 bits per heavy atom. The van der Waals surface area contributed by atoms with Gasteiger partial charge in [0.25, 0.3) is 0 Å². The SMILES string of the molecule is CO/N=C1\CCSc2c(C)cc(C(=O)O)c(C)c21. The standard InChI is InChI=1S/C13H15NO3S/c1-7-6-9(13(15)16)8(2)11-10(14-17-3)4-5-18-12(7)11/h6H,4-5H2,1-3H3,(H,15,16)/b14-10+. The molecule has 1 heterocycles. The highest BCUT2D eigenvalue weighted by atomic mass is 32.2. The first kappa shape index (κ1) is 13.0. The van der Waals surface area contributed by atoms with Crippen molar-refractivity contribution >= 4 is 23.4 Å². The molecule has 0 radical (unpaired) electrons. The summed E-state index contributed by atoms with van der Waals surface area (Å²) >= 11 is 1.75. The average Bonchev–Trinajstić information content (AvgIpc) is 2.33. The third-order valence-electron chi connectivity index (χ3n) is 3.03. The van der Waals surface area contributed by atoms with Crippen LogP contribution in [0.4, 0.5) is 0 Å². The van der Waals surface area contributed by atoms with E-state index in [1.807, 2.05) is 13.8 Å². The first-order valence-corrected chi connectivity index (χ1v) is 6.65. The molecule has 0 amide bonds. The third-order valence-corrected chi connectivity index (χ3v) is 4.25. The number of hydrogen-bond acceptors (Lipinski definition) is 4. The van der Waals surface area contributed by atoms with Crippen LogP contribution in [-0.4, -0.2) is 29.7 Å². The molecule has 96 valence electrons. The zero-order chi connectivity index (χ0) is 13.3. The number of carbonyl (C=O) groups is 1. The molecule has 5 heteroatoms. The van der Waals surface area contributed by atoms with Crippen LogP contribution in [0.3, 0.4) is 0 Å². The second kappa shape index (κ2) is 5.02. The number of thioether (sulfide) groups is 1. The zero-order valence-electron chi connectivity index (χ0n) is 10.6. The largest absolute Gasteiger partial charge is 0.478 e. The fourth-order valence-electron chi connectivity index (χ4n) is 2.22. The summed E-state index contributed by atoms with van der Waals surface area (Å²) in [7, 11) is 1.51. The minimum Gasteiger partial charge on any atom is -0.478 e. The van der Waals surface area contributed by atoms with Crippen molar-refractivity contribution in [2.24, 2.45) is 5.16 Å². The van der Waals surface area contributed by atoms with Crippen molar-refractivity contribution in [1.82, 2.24) is 0 Å². The van der Waals surface area contributed by atoms with Crippen molar-refractivity contribution in [2.75, 3.05) is 12.9 Å². The summed E-state index contributed by atoms with van der Waals surface area (Å²) in [5.74, 6) is 0.0489. The van der Waals surface area contributed by atoms with Crippen LogP contribution in [0.2, 0.25) is 0 Å². The maximum atomic E-state index is 11.2. The van der Waals surface area contributed by atoms with Crippen LogP contribution in [0.15, 0.2) is 16.1 Å². The highest BCUT2D eigenvalue weighted by molar-refractivity contribution is 7.99. The van der Waals surface area contributed by atoms with Gasteiger partial charge in [-0.3, -0.25) is 0 Å². The molecule has 4 nitrogen and oxygen atoms in total. The van der Waals surface area contributed by atoms with Crippen LogP contribution in [0.25, 0.3) is 0 Å². The molecule has 0 saturated heterocycles. The van der Waals surface area contributed by atoms with E-state index in [0.29, 0.717) is 5.56 Å². The summed E-state index contributed by atoms with van der Waals surface area (Å²) in [5.41, 5.74) is 3.88. The number of aromatic carboxylic acids is 1. The maximum Gasteiger partial charge on any atom is 0.335 e. The first-order valence-electron chi connectivity index (χ1n) is 5.67. The highest BCUT2D eigenvalue weighted by Crippen LogP contribution is 2.36. The van der Waals surface area contributed by atoms with Crippen LogP contribution in [0.5, 0.6) is 0 Å². The number of hydrogen-bond donors (Lipinski definition) is 1. The number of rotatable bonds is 2. The van der Waals surface area contributed by atoms with E-state index in [1.54, 1.807) is 17.8 Å². The molecular weight excluding hydrogens is 250 g/mol. The summed E-state index contributed by atoms with van der Waals surface area (Å²) in [6.07, 6.45) is 0.800. The lowest BCUT2D eigenvalue weighted by molar-refractivity contribution is 0.0696. The molecular formula is C13H15NO3S. The molecule has 18 heavy (non-hydrogen) atoms. The van der Waals surface area contributed by atoms with Crippen molar-refractivity contribution in [2.45, 2.75) is 25.2 Å². The van der Waals surface area contributed by atoms with Gasteiger partial charge in [0.1, 0.15) is 7.11 Å². The fourth-order valence-corrected chi connectivity index (χ4v) is 3.43. The molecule has 1 aliphatic rings. The molecule has 0 saturated carbocycles. The van der Waals surface area contributed by atoms with Crippen LogP contribution in [0.1, 0.15) is 33.5 Å². The molecule has 0 bridgehead atoms. The van der Waals surface area contributed by atoms with Gasteiger partial charge in [0.15, 0.2) is 0 Å². The Balaban J connectivity index is 2.71. The van der Waals surface area contributed by atoms with Crippen molar-refractivity contribution in [3.05, 3.63) is 28.3 Å². The Morgan fingerprint density at radius 1 is 1.50 bits per heavy atom. The predicted octanol–water partition coefficient (Wildman–Crippen LogP) is 2.85. The number of fused-ring (bicyclic) bond motifs is 1. The Bertz CT molecular complexity index is 538. The van der Waals surface area contributed by atoms with Crippen molar-refractivity contribution in [1.29, 1.82) is 0 Å². The quantitative estimate of drug-likeness (QED) is 0.835.